The summed E-state index contributed by atoms with van der Waals surface area (Å²) in [5.74, 6) is 0.843. The van der Waals surface area contributed by atoms with Crippen LogP contribution in [-0.4, -0.2) is 19.2 Å². The second kappa shape index (κ2) is 5.50. The number of likely N-dealkylation sites (N-methyl/N-ethyl adjacent to an activating group) is 1. The number of ether oxygens (including phenoxy) is 1. The number of aryl methyl sites for hydroxylation is 1. The fraction of sp³-hybridized carbons (Fsp3) is 0.571. The van der Waals surface area contributed by atoms with Gasteiger partial charge in [0.1, 0.15) is 6.61 Å². The van der Waals surface area contributed by atoms with Crippen molar-refractivity contribution in [2.24, 2.45) is 5.92 Å². The maximum absolute atomic E-state index is 13.7. The van der Waals surface area contributed by atoms with Crippen molar-refractivity contribution in [3.05, 3.63) is 29.6 Å². The molecule has 1 aromatic carbocycles. The molecule has 0 spiro atoms. The van der Waals surface area contributed by atoms with Gasteiger partial charge in [0, 0.05) is 6.04 Å². The van der Waals surface area contributed by atoms with E-state index in [2.05, 4.69) is 12.2 Å². The lowest BCUT2D eigenvalue weighted by Gasteiger charge is -2.18. The zero-order valence-electron chi connectivity index (χ0n) is 10.5. The molecule has 1 atom stereocenters. The van der Waals surface area contributed by atoms with Crippen molar-refractivity contribution in [2.75, 3.05) is 13.2 Å². The van der Waals surface area contributed by atoms with Crippen molar-refractivity contribution in [3.63, 3.8) is 0 Å². The number of benzene rings is 1. The first-order chi connectivity index (χ1) is 8.22. The Hall–Kier alpha value is -1.09. The Morgan fingerprint density at radius 2 is 2.24 bits per heavy atom. The lowest BCUT2D eigenvalue weighted by atomic mass is 10.2. The number of rotatable bonds is 6. The highest BCUT2D eigenvalue weighted by Gasteiger charge is 2.31. The van der Waals surface area contributed by atoms with Crippen LogP contribution in [0, 0.1) is 18.7 Å². The maximum Gasteiger partial charge on any atom is 0.167 e. The fourth-order valence-electron chi connectivity index (χ4n) is 2.03. The largest absolute Gasteiger partial charge is 0.489 e. The van der Waals surface area contributed by atoms with Gasteiger partial charge in [-0.2, -0.15) is 0 Å². The summed E-state index contributed by atoms with van der Waals surface area (Å²) in [6, 6.07) is 5.64. The standard InChI is InChI=1S/C14H20FNO/c1-3-16-12(11-7-8-11)9-17-13-6-4-5-10(2)14(13)15/h4-6,11-12,16H,3,7-9H2,1-2H3. The van der Waals surface area contributed by atoms with Gasteiger partial charge in [0.25, 0.3) is 0 Å². The minimum Gasteiger partial charge on any atom is -0.489 e. The third-order valence-corrected chi connectivity index (χ3v) is 3.23. The summed E-state index contributed by atoms with van der Waals surface area (Å²) in [7, 11) is 0. The van der Waals surface area contributed by atoms with Gasteiger partial charge in [-0.3, -0.25) is 0 Å². The van der Waals surface area contributed by atoms with Crippen LogP contribution < -0.4 is 10.1 Å². The van der Waals surface area contributed by atoms with Crippen LogP contribution in [0.25, 0.3) is 0 Å². The molecule has 0 saturated heterocycles. The van der Waals surface area contributed by atoms with Crippen LogP contribution in [0.5, 0.6) is 5.75 Å². The topological polar surface area (TPSA) is 21.3 Å². The quantitative estimate of drug-likeness (QED) is 0.821. The normalized spacial score (nSPS) is 16.9. The van der Waals surface area contributed by atoms with E-state index in [1.54, 1.807) is 19.1 Å². The Morgan fingerprint density at radius 1 is 1.47 bits per heavy atom. The molecule has 1 aliphatic rings. The lowest BCUT2D eigenvalue weighted by Crippen LogP contribution is -2.36. The van der Waals surface area contributed by atoms with Gasteiger partial charge >= 0.3 is 0 Å². The Labute approximate surface area is 102 Å². The van der Waals surface area contributed by atoms with E-state index in [1.807, 2.05) is 6.07 Å². The molecule has 1 saturated carbocycles. The van der Waals surface area contributed by atoms with Gasteiger partial charge in [-0.15, -0.1) is 0 Å². The molecule has 0 aromatic heterocycles. The van der Waals surface area contributed by atoms with Crippen LogP contribution in [0.1, 0.15) is 25.3 Å². The third kappa shape index (κ3) is 3.19. The van der Waals surface area contributed by atoms with Gasteiger partial charge in [0.2, 0.25) is 0 Å². The molecule has 1 aromatic rings. The minimum absolute atomic E-state index is 0.237. The highest BCUT2D eigenvalue weighted by atomic mass is 19.1. The molecule has 0 aliphatic heterocycles. The van der Waals surface area contributed by atoms with Crippen molar-refractivity contribution >= 4 is 0 Å². The average molecular weight is 237 g/mol. The first kappa shape index (κ1) is 12.4. The van der Waals surface area contributed by atoms with E-state index >= 15 is 0 Å². The highest BCUT2D eigenvalue weighted by Crippen LogP contribution is 2.33. The SMILES string of the molecule is CCNC(COc1cccc(C)c1F)C1CC1. The Bertz CT molecular complexity index is 376. The predicted molar refractivity (Wildman–Crippen MR) is 66.8 cm³/mol. The lowest BCUT2D eigenvalue weighted by molar-refractivity contribution is 0.241. The zero-order valence-corrected chi connectivity index (χ0v) is 10.5. The monoisotopic (exact) mass is 237 g/mol. The van der Waals surface area contributed by atoms with Crippen LogP contribution in [-0.2, 0) is 0 Å². The summed E-state index contributed by atoms with van der Waals surface area (Å²) in [4.78, 5) is 0. The Balaban J connectivity index is 1.93. The van der Waals surface area contributed by atoms with E-state index in [1.165, 1.54) is 12.8 Å². The molecule has 2 nitrogen and oxygen atoms in total. The van der Waals surface area contributed by atoms with Gasteiger partial charge in [0.15, 0.2) is 11.6 Å². The number of hydrogen-bond donors (Lipinski definition) is 1. The molecule has 17 heavy (non-hydrogen) atoms. The van der Waals surface area contributed by atoms with E-state index in [4.69, 9.17) is 4.74 Å². The molecule has 0 amide bonds. The van der Waals surface area contributed by atoms with Crippen LogP contribution >= 0.6 is 0 Å². The fourth-order valence-corrected chi connectivity index (χ4v) is 2.03. The number of halogens is 1. The molecule has 1 unspecified atom stereocenters. The van der Waals surface area contributed by atoms with Gasteiger partial charge in [-0.05, 0) is 43.9 Å². The summed E-state index contributed by atoms with van der Waals surface area (Å²) in [6.45, 7) is 5.33. The minimum atomic E-state index is -0.237. The zero-order chi connectivity index (χ0) is 12.3. The van der Waals surface area contributed by atoms with Crippen molar-refractivity contribution in [3.8, 4) is 5.75 Å². The van der Waals surface area contributed by atoms with Gasteiger partial charge in [0.05, 0.1) is 0 Å². The Kier molecular flexibility index (Phi) is 4.00. The van der Waals surface area contributed by atoms with Crippen molar-refractivity contribution < 1.29 is 9.13 Å². The summed E-state index contributed by atoms with van der Waals surface area (Å²) < 4.78 is 19.3. The van der Waals surface area contributed by atoms with E-state index in [-0.39, 0.29) is 5.82 Å². The van der Waals surface area contributed by atoms with Gasteiger partial charge in [-0.25, -0.2) is 4.39 Å². The van der Waals surface area contributed by atoms with E-state index in [9.17, 15) is 4.39 Å². The molecular weight excluding hydrogens is 217 g/mol. The average Bonchev–Trinajstić information content (AvgIpc) is 3.13. The molecule has 1 aliphatic carbocycles. The number of hydrogen-bond acceptors (Lipinski definition) is 2. The molecule has 1 fully saturated rings. The summed E-state index contributed by atoms with van der Waals surface area (Å²) in [5.41, 5.74) is 0.633. The molecular formula is C14H20FNO. The van der Waals surface area contributed by atoms with Crippen molar-refractivity contribution in [1.29, 1.82) is 0 Å². The molecule has 0 radical (unpaired) electrons. The van der Waals surface area contributed by atoms with Gasteiger partial charge < -0.3 is 10.1 Å². The predicted octanol–water partition coefficient (Wildman–Crippen LogP) is 2.90. The summed E-state index contributed by atoms with van der Waals surface area (Å²) in [5, 5.41) is 3.40. The molecule has 2 rings (SSSR count). The number of nitrogens with one attached hydrogen (secondary N) is 1. The van der Waals surface area contributed by atoms with Crippen LogP contribution in [0.15, 0.2) is 18.2 Å². The van der Waals surface area contributed by atoms with E-state index in [0.29, 0.717) is 29.9 Å². The van der Waals surface area contributed by atoms with Crippen LogP contribution in [0.3, 0.4) is 0 Å². The van der Waals surface area contributed by atoms with Crippen LogP contribution in [0.2, 0.25) is 0 Å². The molecule has 94 valence electrons. The molecule has 1 N–H and O–H groups in total. The second-order valence-electron chi connectivity index (χ2n) is 4.70. The van der Waals surface area contributed by atoms with Gasteiger partial charge in [-0.1, -0.05) is 19.1 Å². The van der Waals surface area contributed by atoms with E-state index < -0.39 is 0 Å². The highest BCUT2D eigenvalue weighted by molar-refractivity contribution is 5.30. The van der Waals surface area contributed by atoms with Crippen LogP contribution in [0.4, 0.5) is 4.39 Å². The van der Waals surface area contributed by atoms with E-state index in [0.717, 1.165) is 6.54 Å². The third-order valence-electron chi connectivity index (χ3n) is 3.23. The van der Waals surface area contributed by atoms with Crippen molar-refractivity contribution in [2.45, 2.75) is 32.7 Å². The molecule has 0 heterocycles. The van der Waals surface area contributed by atoms with Crippen molar-refractivity contribution in [1.82, 2.24) is 5.32 Å². The first-order valence-electron chi connectivity index (χ1n) is 6.33. The summed E-state index contributed by atoms with van der Waals surface area (Å²) >= 11 is 0. The summed E-state index contributed by atoms with van der Waals surface area (Å²) in [6.07, 6.45) is 2.52. The molecule has 3 heteroatoms. The first-order valence-corrected chi connectivity index (χ1v) is 6.33. The second-order valence-corrected chi connectivity index (χ2v) is 4.70. The maximum atomic E-state index is 13.7. The Morgan fingerprint density at radius 3 is 2.88 bits per heavy atom. The smallest absolute Gasteiger partial charge is 0.167 e. The molecule has 0 bridgehead atoms.